The minimum absolute atomic E-state index is 0.0888. The number of benzene rings is 3. The van der Waals surface area contributed by atoms with Gasteiger partial charge in [-0.2, -0.15) is 0 Å². The molecular weight excluding hydrogens is 584 g/mol. The van der Waals surface area contributed by atoms with Gasteiger partial charge in [-0.3, -0.25) is 9.55 Å². The van der Waals surface area contributed by atoms with Crippen LogP contribution >= 0.6 is 0 Å². The van der Waals surface area contributed by atoms with Crippen LogP contribution in [0.2, 0.25) is 0 Å². The maximum Gasteiger partial charge on any atom is 0.159 e. The highest BCUT2D eigenvalue weighted by Crippen LogP contribution is 2.48. The largest absolute Gasteiger partial charge is 0.454 e. The molecule has 230 valence electrons. The number of para-hydroxylation sites is 2. The summed E-state index contributed by atoms with van der Waals surface area (Å²) in [6.45, 7) is 8.17. The average molecular weight is 617 g/mol. The molecule has 0 aliphatic carbocycles. The molecular formula is C39H32N6O2. The highest BCUT2D eigenvalue weighted by Gasteiger charge is 2.39. The van der Waals surface area contributed by atoms with Crippen LogP contribution in [0.5, 0.6) is 0 Å². The lowest BCUT2D eigenvalue weighted by atomic mass is 10.0. The average Bonchev–Trinajstić information content (AvgIpc) is 3.82. The summed E-state index contributed by atoms with van der Waals surface area (Å²) >= 11 is 0. The van der Waals surface area contributed by atoms with Crippen molar-refractivity contribution in [2.24, 2.45) is 10.7 Å². The second kappa shape index (κ2) is 10.4. The molecule has 0 amide bonds. The van der Waals surface area contributed by atoms with Gasteiger partial charge in [-0.05, 0) is 55.8 Å². The Labute approximate surface area is 270 Å². The van der Waals surface area contributed by atoms with E-state index in [1.54, 1.807) is 12.4 Å². The first-order valence-electron chi connectivity index (χ1n) is 16.0. The summed E-state index contributed by atoms with van der Waals surface area (Å²) in [4.78, 5) is 16.5. The van der Waals surface area contributed by atoms with Gasteiger partial charge in [0.15, 0.2) is 11.2 Å². The van der Waals surface area contributed by atoms with E-state index >= 15 is 0 Å². The van der Waals surface area contributed by atoms with Gasteiger partial charge in [0.25, 0.3) is 0 Å². The fourth-order valence-corrected chi connectivity index (χ4v) is 7.52. The molecule has 5 aromatic heterocycles. The van der Waals surface area contributed by atoms with Crippen LogP contribution in [0.3, 0.4) is 0 Å². The summed E-state index contributed by atoms with van der Waals surface area (Å²) in [5.41, 5.74) is 15.5. The van der Waals surface area contributed by atoms with E-state index in [0.29, 0.717) is 0 Å². The number of pyridine rings is 2. The zero-order valence-electron chi connectivity index (χ0n) is 26.1. The first-order valence-corrected chi connectivity index (χ1v) is 16.0. The van der Waals surface area contributed by atoms with Crippen molar-refractivity contribution in [2.75, 3.05) is 4.90 Å². The van der Waals surface area contributed by atoms with Gasteiger partial charge in [0.1, 0.15) is 22.8 Å². The van der Waals surface area contributed by atoms with Crippen molar-refractivity contribution in [1.82, 2.24) is 14.5 Å². The number of fused-ring (bicyclic) bond motifs is 8. The second-order valence-electron chi connectivity index (χ2n) is 12.1. The Hall–Kier alpha value is -5.73. The molecule has 9 rings (SSSR count). The van der Waals surface area contributed by atoms with E-state index in [1.165, 1.54) is 0 Å². The van der Waals surface area contributed by atoms with E-state index in [2.05, 4.69) is 88.6 Å². The van der Waals surface area contributed by atoms with Gasteiger partial charge in [0, 0.05) is 51.3 Å². The molecule has 0 spiro atoms. The van der Waals surface area contributed by atoms with Crippen LogP contribution < -0.4 is 10.6 Å². The van der Waals surface area contributed by atoms with Gasteiger partial charge < -0.3 is 19.5 Å². The summed E-state index contributed by atoms with van der Waals surface area (Å²) in [6.07, 6.45) is 9.20. The van der Waals surface area contributed by atoms with Crippen molar-refractivity contribution in [3.05, 3.63) is 103 Å². The van der Waals surface area contributed by atoms with Gasteiger partial charge >= 0.3 is 0 Å². The third-order valence-corrected chi connectivity index (χ3v) is 9.50. The Morgan fingerprint density at radius 3 is 2.26 bits per heavy atom. The second-order valence-corrected chi connectivity index (χ2v) is 12.1. The van der Waals surface area contributed by atoms with Crippen LogP contribution in [0, 0.1) is 0 Å². The lowest BCUT2D eigenvalue weighted by Gasteiger charge is -2.28. The molecule has 0 bridgehead atoms. The number of aromatic nitrogens is 3. The van der Waals surface area contributed by atoms with Crippen molar-refractivity contribution in [2.45, 2.75) is 38.8 Å². The van der Waals surface area contributed by atoms with E-state index in [0.717, 1.165) is 102 Å². The molecule has 2 atom stereocenters. The molecule has 1 aliphatic heterocycles. The van der Waals surface area contributed by atoms with Crippen molar-refractivity contribution >= 4 is 84.5 Å². The summed E-state index contributed by atoms with van der Waals surface area (Å²) < 4.78 is 15.6. The summed E-state index contributed by atoms with van der Waals surface area (Å²) in [6, 6.07) is 24.7. The molecule has 0 saturated heterocycles. The van der Waals surface area contributed by atoms with Crippen LogP contribution in [0.25, 0.3) is 66.7 Å². The lowest BCUT2D eigenvalue weighted by molar-refractivity contribution is 0.526. The first-order chi connectivity index (χ1) is 23.1. The van der Waals surface area contributed by atoms with E-state index < -0.39 is 0 Å². The topological polar surface area (TPSA) is 98.6 Å². The van der Waals surface area contributed by atoms with E-state index in [9.17, 15) is 0 Å². The van der Waals surface area contributed by atoms with E-state index in [4.69, 9.17) is 24.5 Å². The predicted octanol–water partition coefficient (Wildman–Crippen LogP) is 9.90. The minimum Gasteiger partial charge on any atom is -0.454 e. The molecule has 6 heterocycles. The minimum atomic E-state index is -0.125. The van der Waals surface area contributed by atoms with Crippen LogP contribution in [0.15, 0.2) is 106 Å². The number of rotatable bonds is 6. The third kappa shape index (κ3) is 3.82. The molecule has 2 N–H and O–H groups in total. The Bertz CT molecular complexity index is 2570. The van der Waals surface area contributed by atoms with Gasteiger partial charge in [-0.15, -0.1) is 0 Å². The molecule has 8 heteroatoms. The molecule has 0 radical (unpaired) electrons. The highest BCUT2D eigenvalue weighted by atomic mass is 16.3. The quantitative estimate of drug-likeness (QED) is 0.187. The lowest BCUT2D eigenvalue weighted by Crippen LogP contribution is -2.34. The summed E-state index contributed by atoms with van der Waals surface area (Å²) in [5.74, 6) is 1.66. The molecule has 3 aromatic carbocycles. The van der Waals surface area contributed by atoms with Crippen LogP contribution in [-0.2, 0) is 0 Å². The van der Waals surface area contributed by atoms with Gasteiger partial charge in [0.05, 0.1) is 34.5 Å². The first kappa shape index (κ1) is 27.6. The number of anilines is 2. The Morgan fingerprint density at radius 1 is 0.872 bits per heavy atom. The maximum absolute atomic E-state index is 6.81. The number of furan rings is 2. The predicted molar refractivity (Wildman–Crippen MR) is 192 cm³/mol. The SMILES string of the molecule is C=Cc1c(/N=C\C)n(-c2cccc3c2oc2cc4c(cc23)oc2c(N3c5ncccc5C(N)C3CCC)cccc24)c2cccnc12. The number of hydrogen-bond donors (Lipinski definition) is 1. The van der Waals surface area contributed by atoms with E-state index in [1.807, 2.05) is 31.3 Å². The maximum atomic E-state index is 6.81. The zero-order chi connectivity index (χ0) is 31.8. The highest BCUT2D eigenvalue weighted by molar-refractivity contribution is 6.17. The third-order valence-electron chi connectivity index (χ3n) is 9.50. The summed E-state index contributed by atoms with van der Waals surface area (Å²) in [5, 5.41) is 3.98. The van der Waals surface area contributed by atoms with Crippen LogP contribution in [0.1, 0.15) is 43.9 Å². The Kier molecular flexibility index (Phi) is 6.10. The normalized spacial score (nSPS) is 16.5. The molecule has 8 aromatic rings. The smallest absolute Gasteiger partial charge is 0.159 e. The summed E-state index contributed by atoms with van der Waals surface area (Å²) in [7, 11) is 0. The molecule has 47 heavy (non-hydrogen) atoms. The monoisotopic (exact) mass is 616 g/mol. The Morgan fingerprint density at radius 2 is 1.55 bits per heavy atom. The van der Waals surface area contributed by atoms with E-state index in [-0.39, 0.29) is 12.1 Å². The Balaban J connectivity index is 1.27. The van der Waals surface area contributed by atoms with Crippen molar-refractivity contribution in [1.29, 1.82) is 0 Å². The number of aliphatic imine (C=N–C) groups is 1. The van der Waals surface area contributed by atoms with Gasteiger partial charge in [-0.1, -0.05) is 56.3 Å². The van der Waals surface area contributed by atoms with Crippen LogP contribution in [-0.4, -0.2) is 26.8 Å². The number of nitrogens with zero attached hydrogens (tertiary/aromatic N) is 5. The standard InChI is InChI=1S/C39H32N6O2/c1-4-11-28-34(40)25-14-9-19-43-39(25)44(28)30-15-7-12-23-26-20-33-27(21-32(26)46-36(23)30)24-13-8-16-31(37(24)47-33)45-29-17-10-18-42-35(29)22(5-2)38(45)41-6-3/h5-10,12-21,28,34H,2,4,11,40H2,1,3H3/b41-6-. The molecule has 2 unspecified atom stereocenters. The molecule has 0 saturated carbocycles. The van der Waals surface area contributed by atoms with Crippen molar-refractivity contribution in [3.63, 3.8) is 0 Å². The molecule has 8 nitrogen and oxygen atoms in total. The molecule has 1 aliphatic rings. The van der Waals surface area contributed by atoms with Crippen molar-refractivity contribution < 1.29 is 8.83 Å². The fraction of sp³-hybridized carbons (Fsp3) is 0.154. The molecule has 0 fully saturated rings. The number of nitrogens with two attached hydrogens (primary N) is 1. The zero-order valence-corrected chi connectivity index (χ0v) is 26.1. The van der Waals surface area contributed by atoms with Crippen LogP contribution in [0.4, 0.5) is 17.3 Å². The fourth-order valence-electron chi connectivity index (χ4n) is 7.52. The van der Waals surface area contributed by atoms with Gasteiger partial charge in [-0.25, -0.2) is 9.98 Å². The number of hydrogen-bond acceptors (Lipinski definition) is 7. The van der Waals surface area contributed by atoms with Crippen molar-refractivity contribution in [3.8, 4) is 5.69 Å². The van der Waals surface area contributed by atoms with Gasteiger partial charge in [0.2, 0.25) is 0 Å².